The third kappa shape index (κ3) is 7.27. The summed E-state index contributed by atoms with van der Waals surface area (Å²) in [5.74, 6) is -0.520. The van der Waals surface area contributed by atoms with E-state index >= 15 is 0 Å². The van der Waals surface area contributed by atoms with E-state index in [-0.39, 0.29) is 6.42 Å². The second-order valence-electron chi connectivity index (χ2n) is 2.46. The van der Waals surface area contributed by atoms with Gasteiger partial charge in [0.25, 0.3) is 0 Å². The Hall–Kier alpha value is -0.620. The Bertz CT molecular complexity index is 234. The molecule has 0 aromatic carbocycles. The van der Waals surface area contributed by atoms with Gasteiger partial charge in [-0.05, 0) is 6.92 Å². The van der Waals surface area contributed by atoms with Gasteiger partial charge in [0.2, 0.25) is 15.9 Å². The van der Waals surface area contributed by atoms with Crippen LogP contribution >= 0.6 is 0 Å². The average Bonchev–Trinajstić information content (AvgIpc) is 1.53. The van der Waals surface area contributed by atoms with Gasteiger partial charge in [-0.25, -0.2) is 13.1 Å². The van der Waals surface area contributed by atoms with Crippen LogP contribution in [0.2, 0.25) is 0 Å². The Kier molecular flexibility index (Phi) is 3.47. The predicted octanol–water partition coefficient (Wildman–Crippen LogP) is -1.20. The molecule has 11 heavy (non-hydrogen) atoms. The molecule has 0 rings (SSSR count). The number of primary amides is 1. The fourth-order valence-electron chi connectivity index (χ4n) is 0.709. The molecule has 6 heteroatoms. The van der Waals surface area contributed by atoms with Crippen molar-refractivity contribution in [1.29, 1.82) is 0 Å². The number of sulfonamides is 1. The lowest BCUT2D eigenvalue weighted by molar-refractivity contribution is -0.118. The third-order valence-corrected chi connectivity index (χ3v) is 1.75. The highest BCUT2D eigenvalue weighted by atomic mass is 32.2. The van der Waals surface area contributed by atoms with Gasteiger partial charge in [0.15, 0.2) is 0 Å². The Balaban J connectivity index is 3.89. The molecular weight excluding hydrogens is 168 g/mol. The molecule has 0 bridgehead atoms. The molecule has 3 N–H and O–H groups in total. The van der Waals surface area contributed by atoms with Gasteiger partial charge < -0.3 is 5.73 Å². The summed E-state index contributed by atoms with van der Waals surface area (Å²) in [7, 11) is -3.23. The van der Waals surface area contributed by atoms with Crippen LogP contribution in [0.1, 0.15) is 13.3 Å². The van der Waals surface area contributed by atoms with Crippen LogP contribution in [0.15, 0.2) is 0 Å². The van der Waals surface area contributed by atoms with Gasteiger partial charge in [-0.3, -0.25) is 4.79 Å². The molecule has 1 unspecified atom stereocenters. The van der Waals surface area contributed by atoms with Crippen molar-refractivity contribution in [1.82, 2.24) is 4.72 Å². The Morgan fingerprint density at radius 3 is 2.36 bits per heavy atom. The van der Waals surface area contributed by atoms with E-state index in [2.05, 4.69) is 4.72 Å². The maximum Gasteiger partial charge on any atom is 0.219 e. The van der Waals surface area contributed by atoms with Gasteiger partial charge >= 0.3 is 0 Å². The molecule has 0 saturated carbocycles. The summed E-state index contributed by atoms with van der Waals surface area (Å²) in [5, 5.41) is 0. The normalized spacial score (nSPS) is 14.4. The number of carbonyl (C=O) groups is 1. The van der Waals surface area contributed by atoms with Crippen LogP contribution in [0.4, 0.5) is 0 Å². The Morgan fingerprint density at radius 2 is 2.09 bits per heavy atom. The Labute approximate surface area is 66.0 Å². The minimum Gasteiger partial charge on any atom is -0.370 e. The van der Waals surface area contributed by atoms with Crippen molar-refractivity contribution in [3.63, 3.8) is 0 Å². The smallest absolute Gasteiger partial charge is 0.219 e. The van der Waals surface area contributed by atoms with Crippen molar-refractivity contribution in [2.75, 3.05) is 6.26 Å². The summed E-state index contributed by atoms with van der Waals surface area (Å²) in [4.78, 5) is 10.3. The minimum absolute atomic E-state index is 0.0209. The molecule has 0 aliphatic rings. The van der Waals surface area contributed by atoms with Crippen LogP contribution in [-0.4, -0.2) is 26.6 Å². The van der Waals surface area contributed by atoms with E-state index < -0.39 is 22.0 Å². The Morgan fingerprint density at radius 1 is 1.64 bits per heavy atom. The highest BCUT2D eigenvalue weighted by Crippen LogP contribution is 1.90. The first-order chi connectivity index (χ1) is 4.81. The van der Waals surface area contributed by atoms with Gasteiger partial charge in [0.05, 0.1) is 6.26 Å². The molecule has 0 aliphatic heterocycles. The van der Waals surface area contributed by atoms with Crippen molar-refractivity contribution >= 4 is 15.9 Å². The summed E-state index contributed by atoms with van der Waals surface area (Å²) >= 11 is 0. The summed E-state index contributed by atoms with van der Waals surface area (Å²) in [6.45, 7) is 1.58. The first-order valence-corrected chi connectivity index (χ1v) is 4.96. The number of rotatable bonds is 4. The lowest BCUT2D eigenvalue weighted by atomic mass is 10.2. The van der Waals surface area contributed by atoms with E-state index in [4.69, 9.17) is 5.73 Å². The van der Waals surface area contributed by atoms with Crippen molar-refractivity contribution in [3.05, 3.63) is 0 Å². The van der Waals surface area contributed by atoms with Crippen LogP contribution < -0.4 is 10.5 Å². The molecule has 0 saturated heterocycles. The van der Waals surface area contributed by atoms with E-state index in [1.807, 2.05) is 0 Å². The molecule has 0 aromatic rings. The van der Waals surface area contributed by atoms with Gasteiger partial charge in [-0.1, -0.05) is 0 Å². The standard InChI is InChI=1S/C5H12N2O3S/c1-4(3-5(6)8)7-11(2,9)10/h4,7H,3H2,1-2H3,(H2,6,8). The zero-order valence-electron chi connectivity index (χ0n) is 6.49. The minimum atomic E-state index is -3.23. The van der Waals surface area contributed by atoms with Crippen molar-refractivity contribution in [2.45, 2.75) is 19.4 Å². The summed E-state index contributed by atoms with van der Waals surface area (Å²) in [5.41, 5.74) is 4.84. The first kappa shape index (κ1) is 10.4. The highest BCUT2D eigenvalue weighted by Gasteiger charge is 2.10. The van der Waals surface area contributed by atoms with Crippen molar-refractivity contribution < 1.29 is 13.2 Å². The molecule has 66 valence electrons. The highest BCUT2D eigenvalue weighted by molar-refractivity contribution is 7.88. The van der Waals surface area contributed by atoms with Crippen LogP contribution in [0.3, 0.4) is 0 Å². The molecule has 0 aromatic heterocycles. The fraction of sp³-hybridized carbons (Fsp3) is 0.800. The molecule has 0 aliphatic carbocycles. The van der Waals surface area contributed by atoms with E-state index in [1.165, 1.54) is 0 Å². The van der Waals surface area contributed by atoms with Crippen LogP contribution in [0.25, 0.3) is 0 Å². The first-order valence-electron chi connectivity index (χ1n) is 3.07. The van der Waals surface area contributed by atoms with Crippen molar-refractivity contribution in [2.24, 2.45) is 5.73 Å². The van der Waals surface area contributed by atoms with E-state index in [0.29, 0.717) is 0 Å². The summed E-state index contributed by atoms with van der Waals surface area (Å²) < 4.78 is 23.3. The molecule has 0 spiro atoms. The number of hydrogen-bond acceptors (Lipinski definition) is 3. The number of nitrogens with two attached hydrogens (primary N) is 1. The van der Waals surface area contributed by atoms with Gasteiger partial charge in [-0.2, -0.15) is 0 Å². The molecule has 0 heterocycles. The maximum atomic E-state index is 10.6. The zero-order chi connectivity index (χ0) is 9.07. The van der Waals surface area contributed by atoms with Crippen LogP contribution in [0.5, 0.6) is 0 Å². The molecule has 5 nitrogen and oxygen atoms in total. The van der Waals surface area contributed by atoms with Crippen LogP contribution in [-0.2, 0) is 14.8 Å². The third-order valence-electron chi connectivity index (χ3n) is 0.923. The largest absolute Gasteiger partial charge is 0.370 e. The van der Waals surface area contributed by atoms with Crippen LogP contribution in [0, 0.1) is 0 Å². The summed E-state index contributed by atoms with van der Waals surface area (Å²) in [6, 6.07) is -0.428. The van der Waals surface area contributed by atoms with Crippen molar-refractivity contribution in [3.8, 4) is 0 Å². The SMILES string of the molecule is CC(CC(N)=O)NS(C)(=O)=O. The quantitative estimate of drug-likeness (QED) is 0.569. The van der Waals surface area contributed by atoms with Gasteiger partial charge in [0, 0.05) is 12.5 Å². The number of carbonyl (C=O) groups excluding carboxylic acids is 1. The van der Waals surface area contributed by atoms with E-state index in [0.717, 1.165) is 6.26 Å². The number of nitrogens with one attached hydrogen (secondary N) is 1. The second-order valence-corrected chi connectivity index (χ2v) is 4.24. The van der Waals surface area contributed by atoms with Gasteiger partial charge in [-0.15, -0.1) is 0 Å². The van der Waals surface area contributed by atoms with Gasteiger partial charge in [0.1, 0.15) is 0 Å². The van der Waals surface area contributed by atoms with E-state index in [9.17, 15) is 13.2 Å². The molecule has 1 atom stereocenters. The molecule has 0 fully saturated rings. The molecular formula is C5H12N2O3S. The number of amides is 1. The molecule has 0 radical (unpaired) electrons. The lowest BCUT2D eigenvalue weighted by Crippen LogP contribution is -2.34. The second kappa shape index (κ2) is 3.68. The monoisotopic (exact) mass is 180 g/mol. The maximum absolute atomic E-state index is 10.6. The molecule has 1 amide bonds. The summed E-state index contributed by atoms with van der Waals surface area (Å²) in [6.07, 6.45) is 1.05. The number of hydrogen-bond donors (Lipinski definition) is 2. The van der Waals surface area contributed by atoms with E-state index in [1.54, 1.807) is 6.92 Å². The lowest BCUT2D eigenvalue weighted by Gasteiger charge is -2.08. The average molecular weight is 180 g/mol. The fourth-order valence-corrected chi connectivity index (χ4v) is 1.52. The predicted molar refractivity (Wildman–Crippen MR) is 41.3 cm³/mol. The topological polar surface area (TPSA) is 89.3 Å². The zero-order valence-corrected chi connectivity index (χ0v) is 7.31.